The minimum Gasteiger partial charge on any atom is -0.456 e. The summed E-state index contributed by atoms with van der Waals surface area (Å²) < 4.78 is 31.3. The van der Waals surface area contributed by atoms with Crippen LogP contribution in [-0.4, -0.2) is 33.4 Å². The van der Waals surface area contributed by atoms with Crippen molar-refractivity contribution < 1.29 is 22.7 Å². The molecule has 0 atom stereocenters. The van der Waals surface area contributed by atoms with Gasteiger partial charge in [-0.1, -0.05) is 23.7 Å². The van der Waals surface area contributed by atoms with Crippen molar-refractivity contribution in [2.45, 2.75) is 25.2 Å². The van der Waals surface area contributed by atoms with Crippen molar-refractivity contribution in [2.24, 2.45) is 0 Å². The Morgan fingerprint density at radius 3 is 2.43 bits per heavy atom. The Kier molecular flexibility index (Phi) is 7.56. The van der Waals surface area contributed by atoms with Crippen LogP contribution in [0, 0.1) is 13.8 Å². The Bertz CT molecular complexity index is 959. The van der Waals surface area contributed by atoms with Crippen LogP contribution in [0.15, 0.2) is 47.4 Å². The summed E-state index contributed by atoms with van der Waals surface area (Å²) in [6, 6.07) is 11.1. The number of rotatable bonds is 8. The highest BCUT2D eigenvalue weighted by molar-refractivity contribution is 7.89. The SMILES string of the molecule is Cc1cccc(NC(=O)COC(=O)CCNS(=O)(=O)c2ccc(Cl)cc2)c1C. The molecule has 0 fully saturated rings. The minimum atomic E-state index is -3.75. The smallest absolute Gasteiger partial charge is 0.307 e. The van der Waals surface area contributed by atoms with E-state index in [0.29, 0.717) is 10.7 Å². The maximum absolute atomic E-state index is 12.1. The van der Waals surface area contributed by atoms with E-state index >= 15 is 0 Å². The van der Waals surface area contributed by atoms with Gasteiger partial charge in [0.2, 0.25) is 10.0 Å². The molecule has 2 rings (SSSR count). The number of hydrogen-bond donors (Lipinski definition) is 2. The van der Waals surface area contributed by atoms with Crippen molar-refractivity contribution in [3.8, 4) is 0 Å². The topological polar surface area (TPSA) is 102 Å². The van der Waals surface area contributed by atoms with Gasteiger partial charge in [-0.3, -0.25) is 9.59 Å². The lowest BCUT2D eigenvalue weighted by atomic mass is 10.1. The number of hydrogen-bond acceptors (Lipinski definition) is 5. The molecule has 0 bridgehead atoms. The van der Waals surface area contributed by atoms with E-state index in [9.17, 15) is 18.0 Å². The molecule has 0 aliphatic heterocycles. The second-order valence-electron chi connectivity index (χ2n) is 6.06. The van der Waals surface area contributed by atoms with Crippen molar-refractivity contribution in [2.75, 3.05) is 18.5 Å². The first-order chi connectivity index (χ1) is 13.2. The number of sulfonamides is 1. The molecule has 2 aromatic rings. The summed E-state index contributed by atoms with van der Waals surface area (Å²) in [6.45, 7) is 3.21. The van der Waals surface area contributed by atoms with E-state index < -0.39 is 28.5 Å². The van der Waals surface area contributed by atoms with Gasteiger partial charge in [0.15, 0.2) is 6.61 Å². The van der Waals surface area contributed by atoms with Gasteiger partial charge in [0.25, 0.3) is 5.91 Å². The highest BCUT2D eigenvalue weighted by Gasteiger charge is 2.15. The number of benzene rings is 2. The predicted molar refractivity (Wildman–Crippen MR) is 107 cm³/mol. The van der Waals surface area contributed by atoms with Crippen LogP contribution < -0.4 is 10.0 Å². The summed E-state index contributed by atoms with van der Waals surface area (Å²) in [6.07, 6.45) is -0.205. The quantitative estimate of drug-likeness (QED) is 0.634. The monoisotopic (exact) mass is 424 g/mol. The highest BCUT2D eigenvalue weighted by atomic mass is 35.5. The van der Waals surface area contributed by atoms with Gasteiger partial charge in [0.05, 0.1) is 11.3 Å². The molecule has 0 aliphatic carbocycles. The second kappa shape index (κ2) is 9.68. The average molecular weight is 425 g/mol. The van der Waals surface area contributed by atoms with E-state index in [0.717, 1.165) is 11.1 Å². The zero-order valence-corrected chi connectivity index (χ0v) is 17.1. The van der Waals surface area contributed by atoms with Gasteiger partial charge in [0.1, 0.15) is 0 Å². The van der Waals surface area contributed by atoms with Crippen molar-refractivity contribution in [3.63, 3.8) is 0 Å². The summed E-state index contributed by atoms with van der Waals surface area (Å²) in [5, 5.41) is 3.09. The molecule has 0 spiro atoms. The van der Waals surface area contributed by atoms with Gasteiger partial charge in [-0.05, 0) is 55.3 Å². The van der Waals surface area contributed by atoms with E-state index in [1.807, 2.05) is 26.0 Å². The first-order valence-electron chi connectivity index (χ1n) is 8.46. The molecule has 150 valence electrons. The summed E-state index contributed by atoms with van der Waals surface area (Å²) in [7, 11) is -3.75. The Hall–Kier alpha value is -2.42. The zero-order chi connectivity index (χ0) is 20.7. The number of anilines is 1. The molecule has 1 amide bonds. The zero-order valence-electron chi connectivity index (χ0n) is 15.5. The van der Waals surface area contributed by atoms with Gasteiger partial charge in [0, 0.05) is 17.3 Å². The molecule has 2 N–H and O–H groups in total. The van der Waals surface area contributed by atoms with Crippen molar-refractivity contribution in [1.82, 2.24) is 4.72 Å². The second-order valence-corrected chi connectivity index (χ2v) is 8.26. The Balaban J connectivity index is 1.76. The van der Waals surface area contributed by atoms with Crippen LogP contribution in [0.4, 0.5) is 5.69 Å². The lowest BCUT2D eigenvalue weighted by molar-refractivity contribution is -0.147. The summed E-state index contributed by atoms with van der Waals surface area (Å²) in [4.78, 5) is 23.7. The lowest BCUT2D eigenvalue weighted by Crippen LogP contribution is -2.28. The molecule has 2 aromatic carbocycles. The number of nitrogens with one attached hydrogen (secondary N) is 2. The number of esters is 1. The summed E-state index contributed by atoms with van der Waals surface area (Å²) in [5.74, 6) is -1.15. The molecule has 0 heterocycles. The molecular weight excluding hydrogens is 404 g/mol. The minimum absolute atomic E-state index is 0.0400. The predicted octanol–water partition coefficient (Wildman–Crippen LogP) is 2.81. The number of halogens is 1. The van der Waals surface area contributed by atoms with Crippen LogP contribution in [-0.2, 0) is 24.3 Å². The molecule has 0 saturated heterocycles. The fraction of sp³-hybridized carbons (Fsp3) is 0.263. The molecule has 0 aliphatic rings. The standard InChI is InChI=1S/C19H21ClN2O5S/c1-13-4-3-5-17(14(13)2)22-18(23)12-27-19(24)10-11-21-28(25,26)16-8-6-15(20)7-9-16/h3-9,21H,10-12H2,1-2H3,(H,22,23). The maximum Gasteiger partial charge on any atom is 0.307 e. The third kappa shape index (κ3) is 6.33. The first-order valence-corrected chi connectivity index (χ1v) is 10.3. The normalized spacial score (nSPS) is 11.1. The van der Waals surface area contributed by atoms with Crippen molar-refractivity contribution >= 4 is 39.2 Å². The maximum atomic E-state index is 12.1. The molecular formula is C19H21ClN2O5S. The van der Waals surface area contributed by atoms with Gasteiger partial charge >= 0.3 is 5.97 Å². The molecule has 0 unspecified atom stereocenters. The fourth-order valence-electron chi connectivity index (χ4n) is 2.28. The number of carbonyl (C=O) groups is 2. The van der Waals surface area contributed by atoms with E-state index in [2.05, 4.69) is 10.0 Å². The lowest BCUT2D eigenvalue weighted by Gasteiger charge is -2.11. The van der Waals surface area contributed by atoms with Crippen LogP contribution in [0.3, 0.4) is 0 Å². The van der Waals surface area contributed by atoms with E-state index in [1.54, 1.807) is 6.07 Å². The van der Waals surface area contributed by atoms with Gasteiger partial charge in [-0.15, -0.1) is 0 Å². The highest BCUT2D eigenvalue weighted by Crippen LogP contribution is 2.17. The molecule has 0 radical (unpaired) electrons. The molecule has 0 saturated carbocycles. The first kappa shape index (κ1) is 21.9. The third-order valence-corrected chi connectivity index (χ3v) is 5.72. The average Bonchev–Trinajstić information content (AvgIpc) is 2.64. The van der Waals surface area contributed by atoms with Crippen LogP contribution in [0.5, 0.6) is 0 Å². The van der Waals surface area contributed by atoms with E-state index in [4.69, 9.17) is 16.3 Å². The van der Waals surface area contributed by atoms with Crippen LogP contribution >= 0.6 is 11.6 Å². The summed E-state index contributed by atoms with van der Waals surface area (Å²) >= 11 is 5.73. The number of carbonyl (C=O) groups excluding carboxylic acids is 2. The Morgan fingerprint density at radius 2 is 1.75 bits per heavy atom. The van der Waals surface area contributed by atoms with E-state index in [1.165, 1.54) is 24.3 Å². The Labute approximate surface area is 169 Å². The van der Waals surface area contributed by atoms with E-state index in [-0.39, 0.29) is 17.9 Å². The van der Waals surface area contributed by atoms with Gasteiger partial charge < -0.3 is 10.1 Å². The number of amides is 1. The van der Waals surface area contributed by atoms with Crippen molar-refractivity contribution in [1.29, 1.82) is 0 Å². The van der Waals surface area contributed by atoms with Gasteiger partial charge in [-0.25, -0.2) is 13.1 Å². The van der Waals surface area contributed by atoms with Crippen LogP contribution in [0.25, 0.3) is 0 Å². The van der Waals surface area contributed by atoms with Crippen molar-refractivity contribution in [3.05, 3.63) is 58.6 Å². The molecule has 9 heteroatoms. The Morgan fingerprint density at radius 1 is 1.07 bits per heavy atom. The van der Waals surface area contributed by atoms with Crippen LogP contribution in [0.2, 0.25) is 5.02 Å². The van der Waals surface area contributed by atoms with Crippen LogP contribution in [0.1, 0.15) is 17.5 Å². The van der Waals surface area contributed by atoms with Gasteiger partial charge in [-0.2, -0.15) is 0 Å². The summed E-state index contributed by atoms with van der Waals surface area (Å²) in [5.41, 5.74) is 2.61. The molecule has 0 aromatic heterocycles. The molecule has 7 nitrogen and oxygen atoms in total. The number of aryl methyl sites for hydroxylation is 1. The molecule has 28 heavy (non-hydrogen) atoms. The fourth-order valence-corrected chi connectivity index (χ4v) is 3.43. The largest absolute Gasteiger partial charge is 0.456 e. The third-order valence-electron chi connectivity index (χ3n) is 3.99. The number of ether oxygens (including phenoxy) is 1.